The van der Waals surface area contributed by atoms with Crippen molar-refractivity contribution in [1.82, 2.24) is 0 Å². The van der Waals surface area contributed by atoms with Crippen molar-refractivity contribution in [3.05, 3.63) is 29.8 Å². The van der Waals surface area contributed by atoms with Crippen molar-refractivity contribution >= 4 is 0 Å². The first-order valence-corrected chi connectivity index (χ1v) is 3.37. The Kier molecular flexibility index (Phi) is 2.89. The molecule has 0 heterocycles. The summed E-state index contributed by atoms with van der Waals surface area (Å²) in [6.45, 7) is 0.490. The van der Waals surface area contributed by atoms with E-state index in [4.69, 9.17) is 9.57 Å². The molecule has 1 aromatic carbocycles. The van der Waals surface area contributed by atoms with Crippen LogP contribution in [0.4, 0.5) is 0 Å². The number of hydrogen-bond donors (Lipinski definition) is 1. The third kappa shape index (κ3) is 1.93. The maximum atomic E-state index is 5.09. The van der Waals surface area contributed by atoms with E-state index in [1.54, 1.807) is 7.11 Å². The smallest absolute Gasteiger partial charge is 0.135 e. The highest BCUT2D eigenvalue weighted by Crippen LogP contribution is 2.16. The number of benzene rings is 1. The molecular weight excluding hydrogens is 142 g/mol. The third-order valence-corrected chi connectivity index (χ3v) is 1.45. The summed E-state index contributed by atoms with van der Waals surface area (Å²) in [6, 6.07) is 7.71. The van der Waals surface area contributed by atoms with Gasteiger partial charge in [0.1, 0.15) is 12.4 Å². The van der Waals surface area contributed by atoms with Gasteiger partial charge in [-0.25, -0.2) is 10.7 Å². The molecule has 1 aromatic rings. The number of methoxy groups -OCH3 is 1. The van der Waals surface area contributed by atoms with E-state index in [1.807, 2.05) is 24.3 Å². The van der Waals surface area contributed by atoms with E-state index in [0.717, 1.165) is 11.3 Å². The highest BCUT2D eigenvalue weighted by molar-refractivity contribution is 5.32. The van der Waals surface area contributed by atoms with Crippen LogP contribution < -0.4 is 10.6 Å². The molecule has 0 aliphatic carbocycles. The van der Waals surface area contributed by atoms with Crippen molar-refractivity contribution in [2.24, 2.45) is 0 Å². The van der Waals surface area contributed by atoms with Gasteiger partial charge in [-0.05, 0) is 6.07 Å². The molecule has 60 valence electrons. The molecule has 0 amide bonds. The highest BCUT2D eigenvalue weighted by Gasteiger charge is 2.00. The molecule has 0 saturated carbocycles. The van der Waals surface area contributed by atoms with Gasteiger partial charge in [-0.1, -0.05) is 18.2 Å². The molecule has 0 fully saturated rings. The lowest BCUT2D eigenvalue weighted by molar-refractivity contribution is -0.695. The first kappa shape index (κ1) is 8.04. The SMILES string of the molecule is COc1ccccc1CO[NH3+]. The summed E-state index contributed by atoms with van der Waals surface area (Å²) in [6.07, 6.45) is 0. The summed E-state index contributed by atoms with van der Waals surface area (Å²) in [7, 11) is 1.64. The van der Waals surface area contributed by atoms with Gasteiger partial charge in [0.15, 0.2) is 0 Å². The second-order valence-corrected chi connectivity index (χ2v) is 2.16. The predicted octanol–water partition coefficient (Wildman–Crippen LogP) is 0.369. The largest absolute Gasteiger partial charge is 0.496 e. The zero-order chi connectivity index (χ0) is 8.10. The summed E-state index contributed by atoms with van der Waals surface area (Å²) < 4.78 is 5.09. The Balaban J connectivity index is 2.83. The monoisotopic (exact) mass is 154 g/mol. The topological polar surface area (TPSA) is 46.1 Å². The molecule has 0 bridgehead atoms. The molecule has 0 radical (unpaired) electrons. The summed E-state index contributed by atoms with van der Waals surface area (Å²) in [5, 5.41) is 0. The minimum absolute atomic E-state index is 0.490. The lowest BCUT2D eigenvalue weighted by Gasteiger charge is -2.04. The summed E-state index contributed by atoms with van der Waals surface area (Å²) in [5.41, 5.74) is 1.02. The molecule has 0 spiro atoms. The first-order valence-electron chi connectivity index (χ1n) is 3.37. The Labute approximate surface area is 65.7 Å². The maximum Gasteiger partial charge on any atom is 0.135 e. The van der Waals surface area contributed by atoms with Gasteiger partial charge < -0.3 is 4.74 Å². The zero-order valence-electron chi connectivity index (χ0n) is 6.54. The molecule has 3 heteroatoms. The first-order chi connectivity index (χ1) is 5.38. The number of quaternary nitrogens is 1. The lowest BCUT2D eigenvalue weighted by atomic mass is 10.2. The van der Waals surface area contributed by atoms with Crippen LogP contribution in [-0.2, 0) is 11.4 Å². The molecule has 3 N–H and O–H groups in total. The summed E-state index contributed by atoms with van der Waals surface area (Å²) in [4.78, 5) is 4.74. The minimum atomic E-state index is 0.490. The zero-order valence-corrected chi connectivity index (χ0v) is 6.54. The van der Waals surface area contributed by atoms with E-state index in [1.165, 1.54) is 0 Å². The second-order valence-electron chi connectivity index (χ2n) is 2.16. The average Bonchev–Trinajstić information content (AvgIpc) is 2.06. The lowest BCUT2D eigenvalue weighted by Crippen LogP contribution is -2.48. The number of ether oxygens (including phenoxy) is 1. The van der Waals surface area contributed by atoms with E-state index in [9.17, 15) is 0 Å². The fourth-order valence-electron chi connectivity index (χ4n) is 0.932. The van der Waals surface area contributed by atoms with Crippen molar-refractivity contribution in [2.45, 2.75) is 6.61 Å². The van der Waals surface area contributed by atoms with Gasteiger partial charge in [0.05, 0.1) is 7.11 Å². The molecule has 1 rings (SSSR count). The van der Waals surface area contributed by atoms with Crippen LogP contribution in [0, 0.1) is 0 Å². The number of para-hydroxylation sites is 1. The molecule has 0 aliphatic heterocycles. The molecular formula is C8H12NO2+. The maximum absolute atomic E-state index is 5.09. The van der Waals surface area contributed by atoms with Crippen molar-refractivity contribution < 1.29 is 15.5 Å². The van der Waals surface area contributed by atoms with Gasteiger partial charge in [-0.3, -0.25) is 0 Å². The van der Waals surface area contributed by atoms with Crippen LogP contribution in [0.5, 0.6) is 5.75 Å². The van der Waals surface area contributed by atoms with Crippen LogP contribution in [0.1, 0.15) is 5.56 Å². The van der Waals surface area contributed by atoms with Crippen molar-refractivity contribution in [3.8, 4) is 5.75 Å². The van der Waals surface area contributed by atoms with Crippen molar-refractivity contribution in [2.75, 3.05) is 7.11 Å². The molecule has 3 nitrogen and oxygen atoms in total. The van der Waals surface area contributed by atoms with Gasteiger partial charge in [0.25, 0.3) is 0 Å². The third-order valence-electron chi connectivity index (χ3n) is 1.45. The summed E-state index contributed by atoms with van der Waals surface area (Å²) in [5.74, 6) is 4.14. The van der Waals surface area contributed by atoms with Gasteiger partial charge in [-0.15, -0.1) is 0 Å². The molecule has 0 aromatic heterocycles. The molecule has 0 atom stereocenters. The van der Waals surface area contributed by atoms with Gasteiger partial charge in [-0.2, -0.15) is 0 Å². The van der Waals surface area contributed by atoms with E-state index in [2.05, 4.69) is 5.90 Å². The fraction of sp³-hybridized carbons (Fsp3) is 0.250. The molecule has 0 unspecified atom stereocenters. The van der Waals surface area contributed by atoms with E-state index < -0.39 is 0 Å². The van der Waals surface area contributed by atoms with Crippen molar-refractivity contribution in [1.29, 1.82) is 0 Å². The second kappa shape index (κ2) is 3.95. The molecule has 0 saturated heterocycles. The Morgan fingerprint density at radius 2 is 2.09 bits per heavy atom. The molecule has 11 heavy (non-hydrogen) atoms. The van der Waals surface area contributed by atoms with Crippen LogP contribution in [0.3, 0.4) is 0 Å². The Morgan fingerprint density at radius 3 is 2.73 bits per heavy atom. The van der Waals surface area contributed by atoms with Crippen LogP contribution in [0.2, 0.25) is 0 Å². The quantitative estimate of drug-likeness (QED) is 0.639. The minimum Gasteiger partial charge on any atom is -0.496 e. The van der Waals surface area contributed by atoms with E-state index >= 15 is 0 Å². The Bertz CT molecular complexity index is 225. The Hall–Kier alpha value is -1.06. The van der Waals surface area contributed by atoms with E-state index in [0.29, 0.717) is 6.61 Å². The number of rotatable bonds is 3. The molecule has 0 aliphatic rings. The summed E-state index contributed by atoms with van der Waals surface area (Å²) >= 11 is 0. The number of hydrogen-bond acceptors (Lipinski definition) is 2. The van der Waals surface area contributed by atoms with E-state index in [-0.39, 0.29) is 0 Å². The predicted molar refractivity (Wildman–Crippen MR) is 40.7 cm³/mol. The average molecular weight is 154 g/mol. The normalized spacial score (nSPS) is 9.64. The Morgan fingerprint density at radius 1 is 1.36 bits per heavy atom. The van der Waals surface area contributed by atoms with Gasteiger partial charge in [0, 0.05) is 5.56 Å². The highest BCUT2D eigenvalue weighted by atomic mass is 16.6. The van der Waals surface area contributed by atoms with Crippen molar-refractivity contribution in [3.63, 3.8) is 0 Å². The fourth-order valence-corrected chi connectivity index (χ4v) is 0.932. The van der Waals surface area contributed by atoms with Crippen LogP contribution in [0.15, 0.2) is 24.3 Å². The van der Waals surface area contributed by atoms with Gasteiger partial charge >= 0.3 is 0 Å². The van der Waals surface area contributed by atoms with Gasteiger partial charge in [0.2, 0.25) is 0 Å². The standard InChI is InChI=1S/C8H12NO2/c1-10-8-5-3-2-4-7(8)6-11-9/h2-5H,6H2,1,9H3/q+1. The van der Waals surface area contributed by atoms with Crippen LogP contribution >= 0.6 is 0 Å². The van der Waals surface area contributed by atoms with Crippen LogP contribution in [0.25, 0.3) is 0 Å². The van der Waals surface area contributed by atoms with Crippen LogP contribution in [-0.4, -0.2) is 7.11 Å².